The van der Waals surface area contributed by atoms with Crippen molar-refractivity contribution in [2.24, 2.45) is 0 Å². The Morgan fingerprint density at radius 1 is 1.48 bits per heavy atom. The van der Waals surface area contributed by atoms with Gasteiger partial charge in [-0.25, -0.2) is 0 Å². The molecule has 0 N–H and O–H groups in total. The smallest absolute Gasteiger partial charge is 0.229 e. The van der Waals surface area contributed by atoms with Crippen LogP contribution in [0.1, 0.15) is 25.5 Å². The Morgan fingerprint density at radius 3 is 3.14 bits per heavy atom. The first-order valence-electron chi connectivity index (χ1n) is 7.72. The molecule has 21 heavy (non-hydrogen) atoms. The minimum atomic E-state index is 0.0337. The molecule has 1 aliphatic heterocycles. The number of nitrogens with zero attached hydrogens (tertiary/aromatic N) is 2. The summed E-state index contributed by atoms with van der Waals surface area (Å²) in [7, 11) is 0. The van der Waals surface area contributed by atoms with Crippen molar-refractivity contribution in [1.82, 2.24) is 9.88 Å². The monoisotopic (exact) mass is 290 g/mol. The van der Waals surface area contributed by atoms with E-state index in [1.807, 2.05) is 30.0 Å². The van der Waals surface area contributed by atoms with Gasteiger partial charge in [-0.1, -0.05) is 6.07 Å². The quantitative estimate of drug-likeness (QED) is 0.841. The molecule has 2 aliphatic rings. The van der Waals surface area contributed by atoms with E-state index in [1.54, 1.807) is 6.20 Å². The second-order valence-corrected chi connectivity index (χ2v) is 5.56. The van der Waals surface area contributed by atoms with E-state index in [2.05, 4.69) is 4.98 Å². The molecular formula is C16H22N2O3. The average Bonchev–Trinajstić information content (AvgIpc) is 2.92. The van der Waals surface area contributed by atoms with Crippen molar-refractivity contribution in [3.8, 4) is 0 Å². The Kier molecular flexibility index (Phi) is 4.51. The molecule has 1 saturated carbocycles. The third-order valence-electron chi connectivity index (χ3n) is 4.30. The van der Waals surface area contributed by atoms with Crippen LogP contribution in [0.5, 0.6) is 0 Å². The Hall–Kier alpha value is -1.46. The second-order valence-electron chi connectivity index (χ2n) is 5.56. The highest BCUT2D eigenvalue weighted by Gasteiger charge is 2.44. The zero-order valence-electron chi connectivity index (χ0n) is 12.4. The fourth-order valence-corrected chi connectivity index (χ4v) is 3.38. The van der Waals surface area contributed by atoms with Crippen molar-refractivity contribution in [2.45, 2.75) is 44.4 Å². The van der Waals surface area contributed by atoms with Gasteiger partial charge in [-0.05, 0) is 31.9 Å². The molecule has 3 rings (SSSR count). The van der Waals surface area contributed by atoms with E-state index in [0.717, 1.165) is 18.5 Å². The summed E-state index contributed by atoms with van der Waals surface area (Å²) < 4.78 is 11.6. The SMILES string of the molecule is CCO[C@@H]1CC[C@@H]2[C@@H]1OCCN2C(=O)Cc1ccccn1. The number of hydrogen-bond donors (Lipinski definition) is 0. The van der Waals surface area contributed by atoms with Crippen LogP contribution in [0.15, 0.2) is 24.4 Å². The molecular weight excluding hydrogens is 268 g/mol. The predicted molar refractivity (Wildman–Crippen MR) is 77.8 cm³/mol. The molecule has 1 amide bonds. The molecule has 0 unspecified atom stereocenters. The van der Waals surface area contributed by atoms with Crippen LogP contribution >= 0.6 is 0 Å². The third kappa shape index (κ3) is 3.09. The number of morpholine rings is 1. The zero-order valence-corrected chi connectivity index (χ0v) is 12.4. The summed E-state index contributed by atoms with van der Waals surface area (Å²) >= 11 is 0. The number of amides is 1. The highest BCUT2D eigenvalue weighted by Crippen LogP contribution is 2.32. The molecule has 1 aromatic heterocycles. The summed E-state index contributed by atoms with van der Waals surface area (Å²) in [6.45, 7) is 3.96. The van der Waals surface area contributed by atoms with Crippen LogP contribution in [0.2, 0.25) is 0 Å². The molecule has 0 radical (unpaired) electrons. The molecule has 0 bridgehead atoms. The fourth-order valence-electron chi connectivity index (χ4n) is 3.38. The van der Waals surface area contributed by atoms with E-state index in [9.17, 15) is 4.79 Å². The third-order valence-corrected chi connectivity index (χ3v) is 4.30. The van der Waals surface area contributed by atoms with Gasteiger partial charge in [0.15, 0.2) is 0 Å². The van der Waals surface area contributed by atoms with E-state index in [4.69, 9.17) is 9.47 Å². The maximum atomic E-state index is 12.6. The van der Waals surface area contributed by atoms with Crippen LogP contribution in [-0.4, -0.2) is 53.8 Å². The Labute approximate surface area is 125 Å². The van der Waals surface area contributed by atoms with Gasteiger partial charge in [-0.15, -0.1) is 0 Å². The number of fused-ring (bicyclic) bond motifs is 1. The molecule has 3 atom stereocenters. The van der Waals surface area contributed by atoms with E-state index >= 15 is 0 Å². The lowest BCUT2D eigenvalue weighted by molar-refractivity contribution is -0.150. The summed E-state index contributed by atoms with van der Waals surface area (Å²) in [5, 5.41) is 0. The van der Waals surface area contributed by atoms with E-state index in [-0.39, 0.29) is 24.2 Å². The molecule has 5 nitrogen and oxygen atoms in total. The van der Waals surface area contributed by atoms with Gasteiger partial charge in [0.1, 0.15) is 6.10 Å². The number of carbonyl (C=O) groups excluding carboxylic acids is 1. The van der Waals surface area contributed by atoms with E-state index in [1.165, 1.54) is 0 Å². The number of hydrogen-bond acceptors (Lipinski definition) is 4. The molecule has 0 aromatic carbocycles. The van der Waals surface area contributed by atoms with Gasteiger partial charge in [0.25, 0.3) is 0 Å². The standard InChI is InChI=1S/C16H22N2O3/c1-2-20-14-7-6-13-16(14)21-10-9-18(13)15(19)11-12-5-3-4-8-17-12/h3-5,8,13-14,16H,2,6-7,9-11H2,1H3/t13-,14-,16+/m1/s1. The van der Waals surface area contributed by atoms with Crippen molar-refractivity contribution in [2.75, 3.05) is 19.8 Å². The molecule has 0 spiro atoms. The van der Waals surface area contributed by atoms with E-state index in [0.29, 0.717) is 26.2 Å². The predicted octanol–water partition coefficient (Wildman–Crippen LogP) is 1.42. The lowest BCUT2D eigenvalue weighted by atomic mass is 10.1. The summed E-state index contributed by atoms with van der Waals surface area (Å²) in [5.41, 5.74) is 0.824. The van der Waals surface area contributed by atoms with Gasteiger partial charge in [0.2, 0.25) is 5.91 Å². The number of aromatic nitrogens is 1. The molecule has 2 heterocycles. The van der Waals surface area contributed by atoms with Crippen molar-refractivity contribution < 1.29 is 14.3 Å². The number of carbonyl (C=O) groups is 1. The minimum absolute atomic E-state index is 0.0337. The maximum Gasteiger partial charge on any atom is 0.229 e. The summed E-state index contributed by atoms with van der Waals surface area (Å²) in [6, 6.07) is 5.83. The van der Waals surface area contributed by atoms with Crippen molar-refractivity contribution in [3.05, 3.63) is 30.1 Å². The van der Waals surface area contributed by atoms with Crippen LogP contribution < -0.4 is 0 Å². The Morgan fingerprint density at radius 2 is 2.38 bits per heavy atom. The summed E-state index contributed by atoms with van der Waals surface area (Å²) in [6.07, 6.45) is 4.19. The van der Waals surface area contributed by atoms with Gasteiger partial charge in [-0.3, -0.25) is 9.78 Å². The van der Waals surface area contributed by atoms with Gasteiger partial charge in [-0.2, -0.15) is 0 Å². The minimum Gasteiger partial charge on any atom is -0.376 e. The van der Waals surface area contributed by atoms with Crippen LogP contribution in [0, 0.1) is 0 Å². The lowest BCUT2D eigenvalue weighted by Crippen LogP contribution is -2.54. The number of ether oxygens (including phenoxy) is 2. The van der Waals surface area contributed by atoms with E-state index < -0.39 is 0 Å². The normalized spacial score (nSPS) is 28.4. The summed E-state index contributed by atoms with van der Waals surface area (Å²) in [4.78, 5) is 18.8. The first-order valence-corrected chi connectivity index (χ1v) is 7.72. The first-order chi connectivity index (χ1) is 10.3. The molecule has 1 aliphatic carbocycles. The topological polar surface area (TPSA) is 51.7 Å². The van der Waals surface area contributed by atoms with Crippen molar-refractivity contribution in [3.63, 3.8) is 0 Å². The Bertz CT molecular complexity index is 480. The maximum absolute atomic E-state index is 12.6. The van der Waals surface area contributed by atoms with Crippen LogP contribution in [-0.2, 0) is 20.7 Å². The molecule has 5 heteroatoms. The molecule has 114 valence electrons. The highest BCUT2D eigenvalue weighted by atomic mass is 16.5. The second kappa shape index (κ2) is 6.54. The van der Waals surface area contributed by atoms with Gasteiger partial charge < -0.3 is 14.4 Å². The number of rotatable bonds is 4. The molecule has 1 saturated heterocycles. The molecule has 1 aromatic rings. The van der Waals surface area contributed by atoms with Crippen LogP contribution in [0.3, 0.4) is 0 Å². The van der Waals surface area contributed by atoms with Crippen molar-refractivity contribution in [1.29, 1.82) is 0 Å². The summed E-state index contributed by atoms with van der Waals surface area (Å²) in [5.74, 6) is 0.143. The number of pyridine rings is 1. The lowest BCUT2D eigenvalue weighted by Gasteiger charge is -2.39. The Balaban J connectivity index is 1.66. The first kappa shape index (κ1) is 14.5. The van der Waals surface area contributed by atoms with Gasteiger partial charge >= 0.3 is 0 Å². The fraction of sp³-hybridized carbons (Fsp3) is 0.625. The highest BCUT2D eigenvalue weighted by molar-refractivity contribution is 5.79. The largest absolute Gasteiger partial charge is 0.376 e. The van der Waals surface area contributed by atoms with Crippen LogP contribution in [0.4, 0.5) is 0 Å². The average molecular weight is 290 g/mol. The van der Waals surface area contributed by atoms with Gasteiger partial charge in [0, 0.05) is 25.0 Å². The zero-order chi connectivity index (χ0) is 14.7. The van der Waals surface area contributed by atoms with Crippen molar-refractivity contribution >= 4 is 5.91 Å². The van der Waals surface area contributed by atoms with Crippen LogP contribution in [0.25, 0.3) is 0 Å². The van der Waals surface area contributed by atoms with Gasteiger partial charge in [0.05, 0.1) is 25.2 Å². The molecule has 2 fully saturated rings.